The maximum Gasteiger partial charge on any atom is 0.306 e. The molecule has 444 valence electrons. The summed E-state index contributed by atoms with van der Waals surface area (Å²) in [6.07, 6.45) is 85.9. The first-order chi connectivity index (χ1) is 38.0. The molecule has 0 heterocycles. The van der Waals surface area contributed by atoms with Crippen molar-refractivity contribution >= 4 is 17.9 Å². The van der Waals surface area contributed by atoms with Crippen LogP contribution in [-0.4, -0.2) is 37.2 Å². The van der Waals surface area contributed by atoms with Crippen molar-refractivity contribution in [1.29, 1.82) is 0 Å². The fourth-order valence-corrected chi connectivity index (χ4v) is 9.44. The molecule has 77 heavy (non-hydrogen) atoms. The van der Waals surface area contributed by atoms with E-state index in [4.69, 9.17) is 14.2 Å². The van der Waals surface area contributed by atoms with Crippen LogP contribution >= 0.6 is 0 Å². The second kappa shape index (κ2) is 65.1. The Kier molecular flexibility index (Phi) is 62.2. The van der Waals surface area contributed by atoms with Crippen molar-refractivity contribution in [2.75, 3.05) is 13.2 Å². The van der Waals surface area contributed by atoms with Crippen LogP contribution in [0.4, 0.5) is 0 Å². The molecule has 0 radical (unpaired) electrons. The van der Waals surface area contributed by atoms with Gasteiger partial charge in [0.25, 0.3) is 0 Å². The molecular formula is C71H124O6. The molecule has 0 aliphatic carbocycles. The number of hydrogen-bond acceptors (Lipinski definition) is 6. The summed E-state index contributed by atoms with van der Waals surface area (Å²) in [5, 5.41) is 0. The van der Waals surface area contributed by atoms with Gasteiger partial charge in [-0.2, -0.15) is 0 Å². The topological polar surface area (TPSA) is 78.9 Å². The summed E-state index contributed by atoms with van der Waals surface area (Å²) in [5.41, 5.74) is 0. The number of esters is 3. The van der Waals surface area contributed by atoms with Gasteiger partial charge in [0.1, 0.15) is 13.2 Å². The van der Waals surface area contributed by atoms with Gasteiger partial charge in [0, 0.05) is 19.3 Å². The summed E-state index contributed by atoms with van der Waals surface area (Å²) >= 11 is 0. The lowest BCUT2D eigenvalue weighted by molar-refractivity contribution is -0.167. The Hall–Kier alpha value is -3.41. The number of carbonyl (C=O) groups is 3. The smallest absolute Gasteiger partial charge is 0.306 e. The molecule has 6 heteroatoms. The number of ether oxygens (including phenoxy) is 3. The van der Waals surface area contributed by atoms with Crippen molar-refractivity contribution in [3.05, 3.63) is 85.1 Å². The van der Waals surface area contributed by atoms with Crippen LogP contribution < -0.4 is 0 Å². The van der Waals surface area contributed by atoms with Gasteiger partial charge < -0.3 is 14.2 Å². The van der Waals surface area contributed by atoms with Crippen molar-refractivity contribution in [3.8, 4) is 0 Å². The SMILES string of the molecule is CC/C=C\C/C=C\C/C=C\C/C=C\CCCCCCC(=O)OCC(COC(=O)CCCCCCCCCC/C=C\C/C=C\C/C=C\CCCCCCC)OC(=O)CCCCCCCCCCCCCCCCCCCCC. The van der Waals surface area contributed by atoms with Gasteiger partial charge in [-0.05, 0) is 96.3 Å². The van der Waals surface area contributed by atoms with Crippen molar-refractivity contribution in [2.45, 2.75) is 335 Å². The van der Waals surface area contributed by atoms with Crippen molar-refractivity contribution < 1.29 is 28.6 Å². The molecular weight excluding hydrogens is 949 g/mol. The Morgan fingerprint density at radius 2 is 0.506 bits per heavy atom. The lowest BCUT2D eigenvalue weighted by atomic mass is 10.0. The molecule has 0 aromatic carbocycles. The molecule has 0 spiro atoms. The molecule has 0 amide bonds. The summed E-state index contributed by atoms with van der Waals surface area (Å²) < 4.78 is 16.9. The van der Waals surface area contributed by atoms with Crippen LogP contribution in [0.3, 0.4) is 0 Å². The van der Waals surface area contributed by atoms with Crippen LogP contribution in [0.2, 0.25) is 0 Å². The van der Waals surface area contributed by atoms with Crippen LogP contribution in [0.5, 0.6) is 0 Å². The van der Waals surface area contributed by atoms with E-state index in [2.05, 4.69) is 106 Å². The maximum absolute atomic E-state index is 12.9. The zero-order valence-corrected chi connectivity index (χ0v) is 51.0. The first-order valence-electron chi connectivity index (χ1n) is 33.1. The van der Waals surface area contributed by atoms with Crippen LogP contribution in [0, 0.1) is 0 Å². The summed E-state index contributed by atoms with van der Waals surface area (Å²) in [7, 11) is 0. The van der Waals surface area contributed by atoms with Gasteiger partial charge in [-0.15, -0.1) is 0 Å². The van der Waals surface area contributed by atoms with Gasteiger partial charge in [-0.3, -0.25) is 14.4 Å². The highest BCUT2D eigenvalue weighted by atomic mass is 16.6. The number of hydrogen-bond donors (Lipinski definition) is 0. The van der Waals surface area contributed by atoms with Crippen molar-refractivity contribution in [2.24, 2.45) is 0 Å². The third kappa shape index (κ3) is 63.3. The highest BCUT2D eigenvalue weighted by molar-refractivity contribution is 5.71. The Morgan fingerprint density at radius 1 is 0.273 bits per heavy atom. The zero-order chi connectivity index (χ0) is 55.7. The molecule has 1 atom stereocenters. The highest BCUT2D eigenvalue weighted by Crippen LogP contribution is 2.17. The Labute approximate surface area is 477 Å². The van der Waals surface area contributed by atoms with Gasteiger partial charge in [-0.25, -0.2) is 0 Å². The first kappa shape index (κ1) is 73.6. The lowest BCUT2D eigenvalue weighted by Crippen LogP contribution is -2.30. The molecule has 0 saturated carbocycles. The van der Waals surface area contributed by atoms with Gasteiger partial charge in [0.15, 0.2) is 6.10 Å². The molecule has 1 unspecified atom stereocenters. The fraction of sp³-hybridized carbons (Fsp3) is 0.761. The predicted octanol–water partition coefficient (Wildman–Crippen LogP) is 22.7. The number of carbonyl (C=O) groups excluding carboxylic acids is 3. The molecule has 0 bridgehead atoms. The molecule has 0 aromatic rings. The molecule has 0 aliphatic rings. The molecule has 0 fully saturated rings. The van der Waals surface area contributed by atoms with Crippen molar-refractivity contribution in [3.63, 3.8) is 0 Å². The first-order valence-corrected chi connectivity index (χ1v) is 33.1. The lowest BCUT2D eigenvalue weighted by Gasteiger charge is -2.18. The highest BCUT2D eigenvalue weighted by Gasteiger charge is 2.19. The molecule has 0 rings (SSSR count). The second-order valence-electron chi connectivity index (χ2n) is 22.0. The summed E-state index contributed by atoms with van der Waals surface area (Å²) in [5.74, 6) is -0.901. The van der Waals surface area contributed by atoms with E-state index < -0.39 is 6.10 Å². The van der Waals surface area contributed by atoms with Gasteiger partial charge >= 0.3 is 17.9 Å². The fourth-order valence-electron chi connectivity index (χ4n) is 9.44. The number of rotatable bonds is 60. The normalized spacial score (nSPS) is 12.6. The van der Waals surface area contributed by atoms with Crippen LogP contribution in [0.15, 0.2) is 85.1 Å². The van der Waals surface area contributed by atoms with Crippen LogP contribution in [0.1, 0.15) is 329 Å². The van der Waals surface area contributed by atoms with E-state index >= 15 is 0 Å². The van der Waals surface area contributed by atoms with E-state index in [9.17, 15) is 14.4 Å². The minimum Gasteiger partial charge on any atom is -0.462 e. The van der Waals surface area contributed by atoms with Crippen LogP contribution in [0.25, 0.3) is 0 Å². The minimum absolute atomic E-state index is 0.0861. The second-order valence-corrected chi connectivity index (χ2v) is 22.0. The van der Waals surface area contributed by atoms with E-state index in [1.165, 1.54) is 173 Å². The number of allylic oxidation sites excluding steroid dienone is 14. The van der Waals surface area contributed by atoms with E-state index in [1.807, 2.05) is 0 Å². The average molecular weight is 1070 g/mol. The quantitative estimate of drug-likeness (QED) is 0.0261. The van der Waals surface area contributed by atoms with Crippen molar-refractivity contribution in [1.82, 2.24) is 0 Å². The van der Waals surface area contributed by atoms with Gasteiger partial charge in [0.2, 0.25) is 0 Å². The average Bonchev–Trinajstić information content (AvgIpc) is 3.43. The molecule has 0 aromatic heterocycles. The molecule has 0 saturated heterocycles. The van der Waals surface area contributed by atoms with E-state index in [0.29, 0.717) is 19.3 Å². The van der Waals surface area contributed by atoms with Gasteiger partial charge in [0.05, 0.1) is 0 Å². The summed E-state index contributed by atoms with van der Waals surface area (Å²) in [4.78, 5) is 38.4. The van der Waals surface area contributed by atoms with E-state index in [1.54, 1.807) is 0 Å². The molecule has 6 nitrogen and oxygen atoms in total. The third-order valence-corrected chi connectivity index (χ3v) is 14.4. The largest absolute Gasteiger partial charge is 0.462 e. The predicted molar refractivity (Wildman–Crippen MR) is 334 cm³/mol. The zero-order valence-electron chi connectivity index (χ0n) is 51.0. The molecule has 0 aliphatic heterocycles. The Morgan fingerprint density at radius 3 is 0.792 bits per heavy atom. The number of unbranched alkanes of at least 4 members (excludes halogenated alkanes) is 35. The monoisotopic (exact) mass is 1070 g/mol. The summed E-state index contributed by atoms with van der Waals surface area (Å²) in [6.45, 7) is 6.53. The Balaban J connectivity index is 4.39. The minimum atomic E-state index is -0.791. The Bertz CT molecular complexity index is 1470. The standard InChI is InChI=1S/C71H124O6/c1-4-7-10-13-16-19-22-25-28-31-33-34-35-36-38-40-43-46-49-52-55-58-61-64-70(73)76-67-68(66-75-69(72)63-60-57-54-51-48-45-42-39-30-27-24-21-18-15-12-9-6-3)77-71(74)65-62-59-56-53-50-47-44-41-37-32-29-26-23-20-17-14-11-8-5-2/h9,12,18,21-22,25,27,30-31,33,35-36,42,45,68H,4-8,10-11,13-17,19-20,23-24,26,28-29,32,34,37-41,43-44,46-67H2,1-3H3/b12-9-,21-18-,25-22-,30-27-,33-31-,36-35-,45-42-. The maximum atomic E-state index is 12.9. The van der Waals surface area contributed by atoms with E-state index in [0.717, 1.165) is 116 Å². The van der Waals surface area contributed by atoms with Crippen LogP contribution in [-0.2, 0) is 28.6 Å². The summed E-state index contributed by atoms with van der Waals surface area (Å²) in [6, 6.07) is 0. The molecule has 0 N–H and O–H groups in total. The third-order valence-electron chi connectivity index (χ3n) is 14.4. The van der Waals surface area contributed by atoms with E-state index in [-0.39, 0.29) is 31.1 Å². The van der Waals surface area contributed by atoms with Gasteiger partial charge in [-0.1, -0.05) is 298 Å².